The zero-order valence-electron chi connectivity index (χ0n) is 12.7. The molecule has 1 unspecified atom stereocenters. The summed E-state index contributed by atoms with van der Waals surface area (Å²) in [6.07, 6.45) is 1.16. The summed E-state index contributed by atoms with van der Waals surface area (Å²) in [5, 5.41) is 3.75. The van der Waals surface area contributed by atoms with Crippen molar-refractivity contribution in [3.63, 3.8) is 0 Å². The summed E-state index contributed by atoms with van der Waals surface area (Å²) in [4.78, 5) is 25.9. The Morgan fingerprint density at radius 1 is 1.36 bits per heavy atom. The number of hydrogen-bond acceptors (Lipinski definition) is 2. The fourth-order valence-corrected chi connectivity index (χ4v) is 2.71. The van der Waals surface area contributed by atoms with E-state index in [4.69, 9.17) is 23.2 Å². The van der Waals surface area contributed by atoms with Crippen LogP contribution >= 0.6 is 23.2 Å². The zero-order chi connectivity index (χ0) is 16.3. The van der Waals surface area contributed by atoms with Crippen molar-refractivity contribution in [1.82, 2.24) is 5.32 Å². The molecule has 1 atom stereocenters. The van der Waals surface area contributed by atoms with Crippen molar-refractivity contribution in [2.24, 2.45) is 11.8 Å². The summed E-state index contributed by atoms with van der Waals surface area (Å²) in [6, 6.07) is 5.05. The topological polar surface area (TPSA) is 49.4 Å². The van der Waals surface area contributed by atoms with Gasteiger partial charge in [-0.2, -0.15) is 0 Å². The van der Waals surface area contributed by atoms with Gasteiger partial charge >= 0.3 is 0 Å². The third-order valence-corrected chi connectivity index (χ3v) is 4.47. The Balaban J connectivity index is 1.98. The lowest BCUT2D eigenvalue weighted by atomic mass is 10.1. The van der Waals surface area contributed by atoms with Crippen LogP contribution in [0.5, 0.6) is 0 Å². The minimum atomic E-state index is -0.311. The molecule has 0 aliphatic carbocycles. The van der Waals surface area contributed by atoms with Gasteiger partial charge in [0.2, 0.25) is 11.8 Å². The highest BCUT2D eigenvalue weighted by molar-refractivity contribution is 6.42. The minimum absolute atomic E-state index is 0.0587. The lowest BCUT2D eigenvalue weighted by Crippen LogP contribution is -2.33. The average Bonchev–Trinajstić information content (AvgIpc) is 2.83. The van der Waals surface area contributed by atoms with Crippen molar-refractivity contribution in [2.45, 2.75) is 26.7 Å². The predicted octanol–water partition coefficient (Wildman–Crippen LogP) is 3.51. The molecule has 1 fully saturated rings. The molecule has 2 rings (SSSR count). The molecule has 0 radical (unpaired) electrons. The van der Waals surface area contributed by atoms with Gasteiger partial charge in [0.15, 0.2) is 0 Å². The number of rotatable bonds is 5. The number of benzene rings is 1. The second kappa shape index (κ2) is 7.34. The van der Waals surface area contributed by atoms with Gasteiger partial charge in [-0.1, -0.05) is 37.0 Å². The van der Waals surface area contributed by atoms with Gasteiger partial charge in [0.25, 0.3) is 0 Å². The van der Waals surface area contributed by atoms with Gasteiger partial charge in [0.1, 0.15) is 0 Å². The van der Waals surface area contributed by atoms with E-state index >= 15 is 0 Å². The molecule has 1 aliphatic rings. The first-order valence-electron chi connectivity index (χ1n) is 7.41. The van der Waals surface area contributed by atoms with Crippen LogP contribution in [0.2, 0.25) is 10.0 Å². The fourth-order valence-electron chi connectivity index (χ4n) is 2.41. The lowest BCUT2D eigenvalue weighted by molar-refractivity contribution is -0.126. The lowest BCUT2D eigenvalue weighted by Gasteiger charge is -2.17. The first-order chi connectivity index (χ1) is 10.4. The maximum Gasteiger partial charge on any atom is 0.227 e. The normalized spacial score (nSPS) is 18.1. The Morgan fingerprint density at radius 3 is 2.73 bits per heavy atom. The van der Waals surface area contributed by atoms with Gasteiger partial charge in [0, 0.05) is 25.2 Å². The van der Waals surface area contributed by atoms with Gasteiger partial charge in [-0.05, 0) is 30.5 Å². The van der Waals surface area contributed by atoms with Gasteiger partial charge in [-0.15, -0.1) is 0 Å². The molecule has 0 bridgehead atoms. The van der Waals surface area contributed by atoms with Crippen molar-refractivity contribution in [2.75, 3.05) is 18.0 Å². The molecule has 2 amide bonds. The zero-order valence-corrected chi connectivity index (χ0v) is 14.2. The maximum atomic E-state index is 12.1. The fraction of sp³-hybridized carbons (Fsp3) is 0.500. The SMILES string of the molecule is CC(C)CCNC(=O)C1CC(=O)N(c2ccc(Cl)c(Cl)c2)C1. The van der Waals surface area contributed by atoms with Gasteiger partial charge in [0.05, 0.1) is 16.0 Å². The van der Waals surface area contributed by atoms with Crippen LogP contribution in [0.3, 0.4) is 0 Å². The van der Waals surface area contributed by atoms with E-state index in [1.54, 1.807) is 23.1 Å². The standard InChI is InChI=1S/C16H20Cl2N2O2/c1-10(2)5-6-19-16(22)11-7-15(21)20(9-11)12-3-4-13(17)14(18)8-12/h3-4,8,10-11H,5-7,9H2,1-2H3,(H,19,22). The van der Waals surface area contributed by atoms with Crippen LogP contribution in [0.4, 0.5) is 5.69 Å². The van der Waals surface area contributed by atoms with Crippen molar-refractivity contribution in [3.05, 3.63) is 28.2 Å². The van der Waals surface area contributed by atoms with Crippen LogP contribution in [0.25, 0.3) is 0 Å². The Labute approximate surface area is 140 Å². The average molecular weight is 343 g/mol. The van der Waals surface area contributed by atoms with E-state index in [1.165, 1.54) is 0 Å². The van der Waals surface area contributed by atoms with Gasteiger partial charge < -0.3 is 10.2 Å². The van der Waals surface area contributed by atoms with Gasteiger partial charge in [-0.25, -0.2) is 0 Å². The Bertz CT molecular complexity index is 575. The monoisotopic (exact) mass is 342 g/mol. The van der Waals surface area contributed by atoms with Crippen LogP contribution in [0.1, 0.15) is 26.7 Å². The first-order valence-corrected chi connectivity index (χ1v) is 8.17. The Morgan fingerprint density at radius 2 is 2.09 bits per heavy atom. The molecule has 1 aliphatic heterocycles. The third kappa shape index (κ3) is 4.14. The first kappa shape index (κ1) is 17.1. The summed E-state index contributed by atoms with van der Waals surface area (Å²) in [5.74, 6) is 0.103. The molecule has 6 heteroatoms. The number of halogens is 2. The van der Waals surface area contributed by atoms with Crippen molar-refractivity contribution < 1.29 is 9.59 Å². The number of hydrogen-bond donors (Lipinski definition) is 1. The number of carbonyl (C=O) groups is 2. The number of amides is 2. The molecule has 1 heterocycles. The van der Waals surface area contributed by atoms with Crippen LogP contribution in [0, 0.1) is 11.8 Å². The second-order valence-corrected chi connectivity index (χ2v) is 6.79. The summed E-state index contributed by atoms with van der Waals surface area (Å²) in [5.41, 5.74) is 0.678. The molecular formula is C16H20Cl2N2O2. The molecule has 22 heavy (non-hydrogen) atoms. The molecule has 0 aromatic heterocycles. The minimum Gasteiger partial charge on any atom is -0.356 e. The summed E-state index contributed by atoms with van der Waals surface area (Å²) in [7, 11) is 0. The third-order valence-electron chi connectivity index (χ3n) is 3.73. The number of carbonyl (C=O) groups excluding carboxylic acids is 2. The van der Waals surface area contributed by atoms with Crippen molar-refractivity contribution in [1.29, 1.82) is 0 Å². The highest BCUT2D eigenvalue weighted by atomic mass is 35.5. The van der Waals surface area contributed by atoms with E-state index in [0.29, 0.717) is 34.7 Å². The summed E-state index contributed by atoms with van der Waals surface area (Å²) < 4.78 is 0. The Kier molecular flexibility index (Phi) is 5.70. The molecule has 120 valence electrons. The number of anilines is 1. The van der Waals surface area contributed by atoms with E-state index < -0.39 is 0 Å². The molecule has 4 nitrogen and oxygen atoms in total. The Hall–Kier alpha value is -1.26. The van der Waals surface area contributed by atoms with E-state index in [2.05, 4.69) is 19.2 Å². The maximum absolute atomic E-state index is 12.1. The highest BCUT2D eigenvalue weighted by Crippen LogP contribution is 2.31. The van der Waals surface area contributed by atoms with E-state index in [1.807, 2.05) is 0 Å². The van der Waals surface area contributed by atoms with Crippen molar-refractivity contribution >= 4 is 40.7 Å². The number of nitrogens with one attached hydrogen (secondary N) is 1. The highest BCUT2D eigenvalue weighted by Gasteiger charge is 2.35. The molecule has 1 N–H and O–H groups in total. The summed E-state index contributed by atoms with van der Waals surface area (Å²) >= 11 is 11.9. The second-order valence-electron chi connectivity index (χ2n) is 5.98. The van der Waals surface area contributed by atoms with Crippen LogP contribution in [-0.4, -0.2) is 24.9 Å². The predicted molar refractivity (Wildman–Crippen MR) is 89.4 cm³/mol. The van der Waals surface area contributed by atoms with Gasteiger partial charge in [-0.3, -0.25) is 9.59 Å². The number of nitrogens with zero attached hydrogens (tertiary/aromatic N) is 1. The molecule has 0 spiro atoms. The van der Waals surface area contributed by atoms with E-state index in [-0.39, 0.29) is 24.2 Å². The largest absolute Gasteiger partial charge is 0.356 e. The smallest absolute Gasteiger partial charge is 0.227 e. The molecule has 1 saturated heterocycles. The van der Waals surface area contributed by atoms with E-state index in [0.717, 1.165) is 6.42 Å². The molecule has 0 saturated carbocycles. The van der Waals surface area contributed by atoms with Crippen LogP contribution in [-0.2, 0) is 9.59 Å². The summed E-state index contributed by atoms with van der Waals surface area (Å²) in [6.45, 7) is 5.24. The molecule has 1 aromatic carbocycles. The van der Waals surface area contributed by atoms with Crippen LogP contribution < -0.4 is 10.2 Å². The van der Waals surface area contributed by atoms with E-state index in [9.17, 15) is 9.59 Å². The van der Waals surface area contributed by atoms with Crippen LogP contribution in [0.15, 0.2) is 18.2 Å². The quantitative estimate of drug-likeness (QED) is 0.889. The molecule has 1 aromatic rings. The molecular weight excluding hydrogens is 323 g/mol. The van der Waals surface area contributed by atoms with Crippen molar-refractivity contribution in [3.8, 4) is 0 Å².